The minimum absolute atomic E-state index is 0.0268. The van der Waals surface area contributed by atoms with Crippen LogP contribution in [0.4, 0.5) is 0 Å². The summed E-state index contributed by atoms with van der Waals surface area (Å²) in [6, 6.07) is 13.0. The molecule has 0 radical (unpaired) electrons. The Labute approximate surface area is 159 Å². The average Bonchev–Trinajstić information content (AvgIpc) is 2.59. The zero-order chi connectivity index (χ0) is 20.5. The monoisotopic (exact) mass is 413 g/mol. The second-order valence-corrected chi connectivity index (χ2v) is 10.1. The van der Waals surface area contributed by atoms with Gasteiger partial charge in [0.25, 0.3) is 10.2 Å². The van der Waals surface area contributed by atoms with Gasteiger partial charge in [-0.3, -0.25) is 0 Å². The molecule has 0 saturated heterocycles. The molecule has 0 aromatic heterocycles. The van der Waals surface area contributed by atoms with Crippen LogP contribution in [0.5, 0.6) is 0 Å². The van der Waals surface area contributed by atoms with Crippen LogP contribution in [0, 0.1) is 0 Å². The first-order valence-electron chi connectivity index (χ1n) is 7.96. The molecule has 27 heavy (non-hydrogen) atoms. The van der Waals surface area contributed by atoms with Crippen LogP contribution in [-0.4, -0.2) is 46.9 Å². The van der Waals surface area contributed by atoms with Gasteiger partial charge in [0.2, 0.25) is 10.0 Å². The lowest BCUT2D eigenvalue weighted by molar-refractivity contribution is 0.0624. The lowest BCUT2D eigenvalue weighted by Crippen LogP contribution is -2.43. The highest BCUT2D eigenvalue weighted by atomic mass is 32.2. The Kier molecular flexibility index (Phi) is 6.10. The van der Waals surface area contributed by atoms with E-state index in [-0.39, 0.29) is 11.4 Å². The van der Waals surface area contributed by atoms with Gasteiger partial charge >= 0.3 is 0 Å². The second-order valence-electron chi connectivity index (χ2n) is 6.53. The first kappa shape index (κ1) is 21.5. The maximum absolute atomic E-state index is 11.8. The van der Waals surface area contributed by atoms with Gasteiger partial charge in [0.15, 0.2) is 0 Å². The van der Waals surface area contributed by atoms with Crippen molar-refractivity contribution in [1.82, 2.24) is 9.03 Å². The SMILES string of the molecule is CN(C)S(=O)(=O)NCC(C)(O)c1ccc(-c2ccc(S(N)(=O)=O)cc2)cc1. The van der Waals surface area contributed by atoms with Crippen molar-refractivity contribution in [3.8, 4) is 11.1 Å². The Morgan fingerprint density at radius 1 is 0.963 bits per heavy atom. The summed E-state index contributed by atoms with van der Waals surface area (Å²) in [5.74, 6) is 0. The van der Waals surface area contributed by atoms with Crippen LogP contribution in [0.25, 0.3) is 11.1 Å². The Morgan fingerprint density at radius 2 is 1.41 bits per heavy atom. The molecule has 1 unspecified atom stereocenters. The molecule has 0 saturated carbocycles. The summed E-state index contributed by atoms with van der Waals surface area (Å²) in [6.07, 6.45) is 0. The average molecular weight is 414 g/mol. The maximum Gasteiger partial charge on any atom is 0.279 e. The number of rotatable bonds is 7. The van der Waals surface area contributed by atoms with E-state index in [1.807, 2.05) is 0 Å². The predicted octanol–water partition coefficient (Wildman–Crippen LogP) is 0.605. The summed E-state index contributed by atoms with van der Waals surface area (Å²) >= 11 is 0. The van der Waals surface area contributed by atoms with E-state index in [1.54, 1.807) is 36.4 Å². The number of benzene rings is 2. The van der Waals surface area contributed by atoms with Crippen LogP contribution in [0.3, 0.4) is 0 Å². The third-order valence-electron chi connectivity index (χ3n) is 4.10. The predicted molar refractivity (Wildman–Crippen MR) is 103 cm³/mol. The number of nitrogens with zero attached hydrogens (tertiary/aromatic N) is 1. The molecule has 0 aliphatic rings. The van der Waals surface area contributed by atoms with Crippen LogP contribution in [0.2, 0.25) is 0 Å². The lowest BCUT2D eigenvalue weighted by atomic mass is 9.94. The van der Waals surface area contributed by atoms with Crippen molar-refractivity contribution in [3.05, 3.63) is 54.1 Å². The Bertz CT molecular complexity index is 998. The highest BCUT2D eigenvalue weighted by Crippen LogP contribution is 2.26. The summed E-state index contributed by atoms with van der Waals surface area (Å²) in [4.78, 5) is 0.0268. The van der Waals surface area contributed by atoms with Crippen LogP contribution in [0.15, 0.2) is 53.4 Å². The lowest BCUT2D eigenvalue weighted by Gasteiger charge is -2.25. The summed E-state index contributed by atoms with van der Waals surface area (Å²) < 4.78 is 49.6. The second kappa shape index (κ2) is 7.66. The maximum atomic E-state index is 11.8. The minimum atomic E-state index is -3.75. The molecule has 2 rings (SSSR count). The minimum Gasteiger partial charge on any atom is -0.384 e. The normalized spacial score (nSPS) is 14.9. The smallest absolute Gasteiger partial charge is 0.279 e. The zero-order valence-electron chi connectivity index (χ0n) is 15.2. The van der Waals surface area contributed by atoms with Gasteiger partial charge in [-0.15, -0.1) is 0 Å². The van der Waals surface area contributed by atoms with E-state index in [0.29, 0.717) is 5.56 Å². The van der Waals surface area contributed by atoms with Crippen molar-refractivity contribution in [2.45, 2.75) is 17.4 Å². The summed E-state index contributed by atoms with van der Waals surface area (Å²) in [5.41, 5.74) is 0.721. The van der Waals surface area contributed by atoms with Crippen molar-refractivity contribution in [1.29, 1.82) is 0 Å². The van der Waals surface area contributed by atoms with Crippen molar-refractivity contribution >= 4 is 20.2 Å². The molecule has 4 N–H and O–H groups in total. The van der Waals surface area contributed by atoms with E-state index in [2.05, 4.69) is 4.72 Å². The molecule has 148 valence electrons. The molecule has 2 aromatic rings. The third kappa shape index (κ3) is 5.34. The van der Waals surface area contributed by atoms with Gasteiger partial charge in [0.05, 0.1) is 4.90 Å². The van der Waals surface area contributed by atoms with Crippen LogP contribution >= 0.6 is 0 Å². The van der Waals surface area contributed by atoms with Gasteiger partial charge in [-0.1, -0.05) is 36.4 Å². The number of aliphatic hydroxyl groups is 1. The van der Waals surface area contributed by atoms with E-state index in [0.717, 1.165) is 15.4 Å². The Hall–Kier alpha value is -1.82. The van der Waals surface area contributed by atoms with E-state index in [4.69, 9.17) is 5.14 Å². The summed E-state index contributed by atoms with van der Waals surface area (Å²) in [6.45, 7) is 1.33. The first-order chi connectivity index (χ1) is 12.3. The summed E-state index contributed by atoms with van der Waals surface area (Å²) in [5, 5.41) is 15.7. The van der Waals surface area contributed by atoms with Gasteiger partial charge in [-0.05, 0) is 35.7 Å². The quantitative estimate of drug-likeness (QED) is 0.612. The molecule has 0 aliphatic heterocycles. The molecule has 0 fully saturated rings. The van der Waals surface area contributed by atoms with Crippen molar-refractivity contribution in [2.75, 3.05) is 20.6 Å². The van der Waals surface area contributed by atoms with Crippen molar-refractivity contribution in [3.63, 3.8) is 0 Å². The van der Waals surface area contributed by atoms with E-state index in [9.17, 15) is 21.9 Å². The fraction of sp³-hybridized carbons (Fsp3) is 0.294. The first-order valence-corrected chi connectivity index (χ1v) is 10.9. The molecule has 0 amide bonds. The molecule has 1 atom stereocenters. The number of primary sulfonamides is 1. The van der Waals surface area contributed by atoms with Gasteiger partial charge < -0.3 is 5.11 Å². The molecular formula is C17H23N3O5S2. The molecule has 2 aromatic carbocycles. The highest BCUT2D eigenvalue weighted by molar-refractivity contribution is 7.89. The largest absolute Gasteiger partial charge is 0.384 e. The molecule has 8 nitrogen and oxygen atoms in total. The Morgan fingerprint density at radius 3 is 1.81 bits per heavy atom. The van der Waals surface area contributed by atoms with Gasteiger partial charge in [-0.25, -0.2) is 13.6 Å². The number of nitrogens with two attached hydrogens (primary N) is 1. The van der Waals surface area contributed by atoms with Gasteiger partial charge in [0, 0.05) is 20.6 Å². The molecule has 0 spiro atoms. The third-order valence-corrected chi connectivity index (χ3v) is 6.50. The fourth-order valence-electron chi connectivity index (χ4n) is 2.32. The topological polar surface area (TPSA) is 130 Å². The number of hydrogen-bond acceptors (Lipinski definition) is 5. The standard InChI is InChI=1S/C17H23N3O5S2/c1-17(21,12-19-27(24,25)20(2)3)15-8-4-13(5-9-15)14-6-10-16(11-7-14)26(18,22)23/h4-11,19,21H,12H2,1-3H3,(H2,18,22,23). The van der Waals surface area contributed by atoms with E-state index < -0.39 is 25.8 Å². The number of sulfonamides is 1. The highest BCUT2D eigenvalue weighted by Gasteiger charge is 2.26. The molecular weight excluding hydrogens is 390 g/mol. The van der Waals surface area contributed by atoms with Crippen LogP contribution < -0.4 is 9.86 Å². The fourth-order valence-corrected chi connectivity index (χ4v) is 3.56. The van der Waals surface area contributed by atoms with E-state index in [1.165, 1.54) is 33.2 Å². The van der Waals surface area contributed by atoms with E-state index >= 15 is 0 Å². The van der Waals surface area contributed by atoms with Crippen molar-refractivity contribution in [2.24, 2.45) is 5.14 Å². The molecule has 10 heteroatoms. The Balaban J connectivity index is 2.18. The zero-order valence-corrected chi connectivity index (χ0v) is 16.9. The van der Waals surface area contributed by atoms with Crippen molar-refractivity contribution < 1.29 is 21.9 Å². The number of nitrogens with one attached hydrogen (secondary N) is 1. The number of hydrogen-bond donors (Lipinski definition) is 3. The van der Waals surface area contributed by atoms with Gasteiger partial charge in [0.1, 0.15) is 5.60 Å². The summed E-state index contributed by atoms with van der Waals surface area (Å²) in [7, 11) is -4.60. The van der Waals surface area contributed by atoms with Gasteiger partial charge in [-0.2, -0.15) is 17.4 Å². The van der Waals surface area contributed by atoms with Crippen LogP contribution in [-0.2, 0) is 25.8 Å². The molecule has 0 aliphatic carbocycles. The molecule has 0 bridgehead atoms. The molecule has 0 heterocycles. The van der Waals surface area contributed by atoms with Crippen LogP contribution in [0.1, 0.15) is 12.5 Å².